The monoisotopic (exact) mass is 247 g/mol. The molecule has 0 radical (unpaired) electrons. The van der Waals surface area contributed by atoms with Gasteiger partial charge in [-0.1, -0.05) is 18.2 Å². The Hall–Kier alpha value is -0.900. The maximum Gasteiger partial charge on any atom is 0.195 e. The zero-order valence-electron chi connectivity index (χ0n) is 10.8. The molecule has 3 rings (SSSR count). The van der Waals surface area contributed by atoms with Crippen LogP contribution in [0.15, 0.2) is 18.2 Å². The molecule has 1 aliphatic carbocycles. The second-order valence-electron chi connectivity index (χ2n) is 5.18. The Morgan fingerprint density at radius 1 is 1.06 bits per heavy atom. The fraction of sp³-hybridized carbons (Fsp3) is 0.600. The third kappa shape index (κ3) is 2.07. The van der Waals surface area contributed by atoms with E-state index in [0.29, 0.717) is 6.54 Å². The topological polar surface area (TPSA) is 44.5 Å². The van der Waals surface area contributed by atoms with Gasteiger partial charge in [-0.25, -0.2) is 0 Å². The van der Waals surface area contributed by atoms with Gasteiger partial charge in [0.05, 0.1) is 13.2 Å². The standard InChI is InChI=1S/C15H21NO2/c16-8-7-15(17-9-2-10-18-15)14-6-5-12-3-1-4-13(12)11-14/h5-6,11H,1-4,7-10,16H2. The Labute approximate surface area is 108 Å². The minimum atomic E-state index is -0.593. The van der Waals surface area contributed by atoms with Crippen molar-refractivity contribution in [3.05, 3.63) is 34.9 Å². The lowest BCUT2D eigenvalue weighted by Gasteiger charge is -2.37. The van der Waals surface area contributed by atoms with Crippen LogP contribution in [-0.4, -0.2) is 19.8 Å². The van der Waals surface area contributed by atoms with Crippen molar-refractivity contribution in [2.45, 2.75) is 37.9 Å². The van der Waals surface area contributed by atoms with E-state index in [0.717, 1.165) is 31.6 Å². The minimum absolute atomic E-state index is 0.580. The summed E-state index contributed by atoms with van der Waals surface area (Å²) < 4.78 is 11.9. The second kappa shape index (κ2) is 5.00. The molecule has 0 spiro atoms. The second-order valence-corrected chi connectivity index (χ2v) is 5.18. The lowest BCUT2D eigenvalue weighted by atomic mass is 9.97. The molecule has 3 nitrogen and oxygen atoms in total. The number of ether oxygens (including phenoxy) is 2. The highest BCUT2D eigenvalue weighted by atomic mass is 16.7. The van der Waals surface area contributed by atoms with Gasteiger partial charge in [-0.3, -0.25) is 0 Å². The number of nitrogens with two attached hydrogens (primary N) is 1. The first-order valence-corrected chi connectivity index (χ1v) is 6.94. The molecule has 2 aliphatic rings. The Morgan fingerprint density at radius 3 is 2.61 bits per heavy atom. The number of benzene rings is 1. The molecule has 0 aromatic heterocycles. The van der Waals surface area contributed by atoms with Crippen molar-refractivity contribution in [3.8, 4) is 0 Å². The van der Waals surface area contributed by atoms with Crippen molar-refractivity contribution in [3.63, 3.8) is 0 Å². The van der Waals surface area contributed by atoms with Crippen molar-refractivity contribution in [1.82, 2.24) is 0 Å². The van der Waals surface area contributed by atoms with Crippen LogP contribution in [0.25, 0.3) is 0 Å². The summed E-state index contributed by atoms with van der Waals surface area (Å²) in [6.07, 6.45) is 5.36. The van der Waals surface area contributed by atoms with Crippen LogP contribution in [0.3, 0.4) is 0 Å². The summed E-state index contributed by atoms with van der Waals surface area (Å²) in [5, 5.41) is 0. The van der Waals surface area contributed by atoms with Crippen LogP contribution < -0.4 is 5.73 Å². The molecule has 2 N–H and O–H groups in total. The minimum Gasteiger partial charge on any atom is -0.346 e. The average Bonchev–Trinajstić information content (AvgIpc) is 2.87. The van der Waals surface area contributed by atoms with E-state index in [1.165, 1.54) is 30.4 Å². The fourth-order valence-electron chi connectivity index (χ4n) is 3.03. The van der Waals surface area contributed by atoms with Crippen LogP contribution in [0.4, 0.5) is 0 Å². The van der Waals surface area contributed by atoms with Crippen molar-refractivity contribution in [2.75, 3.05) is 19.8 Å². The molecular formula is C15H21NO2. The van der Waals surface area contributed by atoms with Gasteiger partial charge in [-0.05, 0) is 43.4 Å². The molecule has 1 fully saturated rings. The zero-order valence-corrected chi connectivity index (χ0v) is 10.8. The summed E-state index contributed by atoms with van der Waals surface area (Å²) in [5.41, 5.74) is 9.82. The van der Waals surface area contributed by atoms with E-state index in [-0.39, 0.29) is 0 Å². The lowest BCUT2D eigenvalue weighted by molar-refractivity contribution is -0.278. The molecule has 18 heavy (non-hydrogen) atoms. The largest absolute Gasteiger partial charge is 0.346 e. The molecule has 0 saturated carbocycles. The molecule has 3 heteroatoms. The SMILES string of the molecule is NCCC1(c2ccc3c(c2)CCC3)OCCCO1. The van der Waals surface area contributed by atoms with Crippen molar-refractivity contribution >= 4 is 0 Å². The smallest absolute Gasteiger partial charge is 0.195 e. The molecule has 98 valence electrons. The third-order valence-corrected chi connectivity index (χ3v) is 3.97. The summed E-state index contributed by atoms with van der Waals surface area (Å²) in [5.74, 6) is -0.593. The van der Waals surface area contributed by atoms with Crippen LogP contribution in [0.2, 0.25) is 0 Å². The molecule has 0 unspecified atom stereocenters. The Balaban J connectivity index is 1.94. The maximum atomic E-state index is 5.95. The average molecular weight is 247 g/mol. The van der Waals surface area contributed by atoms with Gasteiger partial charge < -0.3 is 15.2 Å². The van der Waals surface area contributed by atoms with Crippen molar-refractivity contribution in [2.24, 2.45) is 5.73 Å². The molecule has 1 saturated heterocycles. The molecule has 0 atom stereocenters. The molecule has 1 aromatic carbocycles. The van der Waals surface area contributed by atoms with Crippen LogP contribution in [0.5, 0.6) is 0 Å². The van der Waals surface area contributed by atoms with Gasteiger partial charge in [0.25, 0.3) is 0 Å². The van der Waals surface area contributed by atoms with Crippen molar-refractivity contribution in [1.29, 1.82) is 0 Å². The number of aryl methyl sites for hydroxylation is 2. The summed E-state index contributed by atoms with van der Waals surface area (Å²) in [6.45, 7) is 2.10. The van der Waals surface area contributed by atoms with Gasteiger partial charge in [0.1, 0.15) is 0 Å². The number of rotatable bonds is 3. The van der Waals surface area contributed by atoms with Crippen LogP contribution in [-0.2, 0) is 28.1 Å². The van der Waals surface area contributed by atoms with E-state index in [1.807, 2.05) is 0 Å². The highest BCUT2D eigenvalue weighted by Crippen LogP contribution is 2.36. The van der Waals surface area contributed by atoms with Gasteiger partial charge in [-0.2, -0.15) is 0 Å². The van der Waals surface area contributed by atoms with E-state index in [2.05, 4.69) is 18.2 Å². The van der Waals surface area contributed by atoms with E-state index in [1.54, 1.807) is 0 Å². The molecule has 1 heterocycles. The van der Waals surface area contributed by atoms with Gasteiger partial charge in [0.15, 0.2) is 5.79 Å². The van der Waals surface area contributed by atoms with E-state index in [9.17, 15) is 0 Å². The van der Waals surface area contributed by atoms with E-state index >= 15 is 0 Å². The highest BCUT2D eigenvalue weighted by molar-refractivity contribution is 5.37. The Morgan fingerprint density at radius 2 is 1.83 bits per heavy atom. The summed E-state index contributed by atoms with van der Waals surface area (Å²) in [4.78, 5) is 0. The van der Waals surface area contributed by atoms with Crippen LogP contribution in [0.1, 0.15) is 36.0 Å². The quantitative estimate of drug-likeness (QED) is 0.889. The molecule has 0 amide bonds. The first-order chi connectivity index (χ1) is 8.84. The molecular weight excluding hydrogens is 226 g/mol. The van der Waals surface area contributed by atoms with E-state index in [4.69, 9.17) is 15.2 Å². The first kappa shape index (κ1) is 12.2. The van der Waals surface area contributed by atoms with Gasteiger partial charge in [-0.15, -0.1) is 0 Å². The third-order valence-electron chi connectivity index (χ3n) is 3.97. The predicted octanol–water partition coefficient (Wildman–Crippen LogP) is 2.11. The molecule has 1 aromatic rings. The number of hydrogen-bond donors (Lipinski definition) is 1. The summed E-state index contributed by atoms with van der Waals surface area (Å²) in [6, 6.07) is 6.66. The van der Waals surface area contributed by atoms with Gasteiger partial charge >= 0.3 is 0 Å². The molecule has 1 aliphatic heterocycles. The molecule has 0 bridgehead atoms. The number of fused-ring (bicyclic) bond motifs is 1. The van der Waals surface area contributed by atoms with Crippen LogP contribution >= 0.6 is 0 Å². The highest BCUT2D eigenvalue weighted by Gasteiger charge is 2.36. The zero-order chi connectivity index (χ0) is 12.4. The summed E-state index contributed by atoms with van der Waals surface area (Å²) in [7, 11) is 0. The Bertz CT molecular complexity index is 419. The maximum absolute atomic E-state index is 5.95. The van der Waals surface area contributed by atoms with E-state index < -0.39 is 5.79 Å². The predicted molar refractivity (Wildman–Crippen MR) is 70.3 cm³/mol. The first-order valence-electron chi connectivity index (χ1n) is 6.94. The Kier molecular flexibility index (Phi) is 3.37. The normalized spacial score (nSPS) is 21.8. The van der Waals surface area contributed by atoms with Gasteiger partial charge in [0.2, 0.25) is 0 Å². The number of hydrogen-bond acceptors (Lipinski definition) is 3. The lowest BCUT2D eigenvalue weighted by Crippen LogP contribution is -2.39. The van der Waals surface area contributed by atoms with Crippen molar-refractivity contribution < 1.29 is 9.47 Å². The fourth-order valence-corrected chi connectivity index (χ4v) is 3.03. The van der Waals surface area contributed by atoms with Gasteiger partial charge in [0, 0.05) is 12.0 Å². The summed E-state index contributed by atoms with van der Waals surface area (Å²) >= 11 is 0. The van der Waals surface area contributed by atoms with Crippen LogP contribution in [0, 0.1) is 0 Å².